The van der Waals surface area contributed by atoms with E-state index >= 15 is 0 Å². The van der Waals surface area contributed by atoms with E-state index in [0.717, 1.165) is 19.6 Å². The first-order valence-corrected chi connectivity index (χ1v) is 7.19. The molecule has 1 atom stereocenters. The molecule has 1 amide bonds. The molecule has 0 aromatic carbocycles. The molecule has 0 spiro atoms. The number of amides is 1. The highest BCUT2D eigenvalue weighted by Gasteiger charge is 2.34. The van der Waals surface area contributed by atoms with Crippen molar-refractivity contribution < 1.29 is 9.18 Å². The van der Waals surface area contributed by atoms with Crippen molar-refractivity contribution in [1.82, 2.24) is 9.80 Å². The molecular weight excluding hydrogens is 277 g/mol. The van der Waals surface area contributed by atoms with Crippen LogP contribution in [0.5, 0.6) is 0 Å². The summed E-state index contributed by atoms with van der Waals surface area (Å²) in [6.07, 6.45) is 4.12. The molecular formula is C14H18FN3OS. The fourth-order valence-corrected chi connectivity index (χ4v) is 2.58. The lowest BCUT2D eigenvalue weighted by Crippen LogP contribution is -2.48. The average Bonchev–Trinajstić information content (AvgIpc) is 2.44. The van der Waals surface area contributed by atoms with Crippen molar-refractivity contribution in [3.8, 4) is 0 Å². The lowest BCUT2D eigenvalue weighted by molar-refractivity contribution is -0.128. The molecule has 0 aromatic heterocycles. The summed E-state index contributed by atoms with van der Waals surface area (Å²) in [4.78, 5) is 20.3. The lowest BCUT2D eigenvalue weighted by atomic mass is 9.95. The summed E-state index contributed by atoms with van der Waals surface area (Å²) in [5.74, 6) is -1.23. The van der Waals surface area contributed by atoms with E-state index in [-0.39, 0.29) is 11.0 Å². The van der Waals surface area contributed by atoms with Gasteiger partial charge in [0.1, 0.15) is 11.7 Å². The molecule has 0 fully saturated rings. The van der Waals surface area contributed by atoms with Crippen LogP contribution in [0.15, 0.2) is 29.0 Å². The van der Waals surface area contributed by atoms with E-state index in [1.54, 1.807) is 0 Å². The molecule has 6 heteroatoms. The van der Waals surface area contributed by atoms with Gasteiger partial charge in [0.15, 0.2) is 0 Å². The maximum atomic E-state index is 13.3. The smallest absolute Gasteiger partial charge is 0.241 e. The summed E-state index contributed by atoms with van der Waals surface area (Å²) >= 11 is 5.18. The number of aliphatic imine (C=N–C) groups is 1. The Morgan fingerprint density at radius 3 is 2.75 bits per heavy atom. The molecule has 0 bridgehead atoms. The normalized spacial score (nSPS) is 22.0. The molecule has 2 aliphatic rings. The Bertz CT molecular complexity index is 509. The van der Waals surface area contributed by atoms with E-state index in [2.05, 4.69) is 23.7 Å². The number of carbonyl (C=O) groups excluding carboxylic acids is 1. The minimum absolute atomic E-state index is 0.188. The van der Waals surface area contributed by atoms with Gasteiger partial charge in [0, 0.05) is 13.1 Å². The van der Waals surface area contributed by atoms with E-state index in [0.29, 0.717) is 12.3 Å². The number of hydrogen-bond acceptors (Lipinski definition) is 3. The van der Waals surface area contributed by atoms with E-state index in [9.17, 15) is 9.18 Å². The highest BCUT2D eigenvalue weighted by Crippen LogP contribution is 2.22. The van der Waals surface area contributed by atoms with Crippen molar-refractivity contribution in [2.75, 3.05) is 26.2 Å². The van der Waals surface area contributed by atoms with Crippen LogP contribution in [-0.4, -0.2) is 52.7 Å². The number of thiocarbonyl (C=S) groups is 1. The van der Waals surface area contributed by atoms with Crippen molar-refractivity contribution in [1.29, 1.82) is 0 Å². The van der Waals surface area contributed by atoms with Crippen molar-refractivity contribution in [3.05, 3.63) is 24.1 Å². The molecule has 0 saturated heterocycles. The topological polar surface area (TPSA) is 35.9 Å². The van der Waals surface area contributed by atoms with Crippen LogP contribution in [0.25, 0.3) is 0 Å². The molecule has 0 aromatic rings. The zero-order chi connectivity index (χ0) is 14.7. The quantitative estimate of drug-likeness (QED) is 0.727. The van der Waals surface area contributed by atoms with Crippen molar-refractivity contribution in [3.63, 3.8) is 0 Å². The Kier molecular flexibility index (Phi) is 4.77. The minimum Gasteiger partial charge on any atom is -0.302 e. The number of fused-ring (bicyclic) bond motifs is 1. The zero-order valence-corrected chi connectivity index (χ0v) is 12.5. The summed E-state index contributed by atoms with van der Waals surface area (Å²) in [6.45, 7) is 7.20. The standard InChI is InChI=1S/C14H18FN3OS/c1-3-17(4-2)7-8-18-13(19)11-9-10(15)5-6-12(11)16-14(18)20/h5-6,9,11H,3-4,7-8H2,1-2H3. The van der Waals surface area contributed by atoms with Crippen LogP contribution < -0.4 is 0 Å². The van der Waals surface area contributed by atoms with Crippen molar-refractivity contribution >= 4 is 28.9 Å². The fraction of sp³-hybridized carbons (Fsp3) is 0.500. The third-order valence-electron chi connectivity index (χ3n) is 3.58. The monoisotopic (exact) mass is 295 g/mol. The van der Waals surface area contributed by atoms with Crippen LogP contribution in [-0.2, 0) is 4.79 Å². The van der Waals surface area contributed by atoms with Gasteiger partial charge in [-0.15, -0.1) is 0 Å². The van der Waals surface area contributed by atoms with E-state index in [1.807, 2.05) is 0 Å². The first-order valence-electron chi connectivity index (χ1n) is 6.78. The first-order chi connectivity index (χ1) is 9.56. The van der Waals surface area contributed by atoms with E-state index < -0.39 is 11.7 Å². The predicted octanol–water partition coefficient (Wildman–Crippen LogP) is 1.94. The average molecular weight is 295 g/mol. The molecule has 108 valence electrons. The lowest BCUT2D eigenvalue weighted by Gasteiger charge is -2.31. The highest BCUT2D eigenvalue weighted by molar-refractivity contribution is 7.80. The van der Waals surface area contributed by atoms with Crippen LogP contribution in [0.4, 0.5) is 4.39 Å². The summed E-state index contributed by atoms with van der Waals surface area (Å²) in [5, 5.41) is 0.272. The Hall–Kier alpha value is -1.40. The second-order valence-corrected chi connectivity index (χ2v) is 5.06. The second kappa shape index (κ2) is 6.37. The molecule has 0 N–H and O–H groups in total. The number of halogens is 1. The summed E-state index contributed by atoms with van der Waals surface area (Å²) in [5.41, 5.74) is 0.528. The maximum Gasteiger partial charge on any atom is 0.241 e. The molecule has 1 aliphatic carbocycles. The van der Waals surface area contributed by atoms with Crippen LogP contribution in [0.2, 0.25) is 0 Å². The third-order valence-corrected chi connectivity index (χ3v) is 3.89. The van der Waals surface area contributed by atoms with Gasteiger partial charge in [0.05, 0.1) is 5.71 Å². The van der Waals surface area contributed by atoms with Crippen LogP contribution in [0, 0.1) is 5.92 Å². The molecule has 4 nitrogen and oxygen atoms in total. The van der Waals surface area contributed by atoms with Gasteiger partial charge in [0.25, 0.3) is 0 Å². The van der Waals surface area contributed by atoms with Gasteiger partial charge in [-0.2, -0.15) is 0 Å². The van der Waals surface area contributed by atoms with Gasteiger partial charge in [-0.25, -0.2) is 9.38 Å². The third kappa shape index (κ3) is 3.02. The van der Waals surface area contributed by atoms with E-state index in [4.69, 9.17) is 12.2 Å². The Labute approximate surface area is 123 Å². The summed E-state index contributed by atoms with van der Waals surface area (Å²) < 4.78 is 13.3. The highest BCUT2D eigenvalue weighted by atomic mass is 32.1. The Morgan fingerprint density at radius 2 is 2.10 bits per heavy atom. The number of nitrogens with zero attached hydrogens (tertiary/aromatic N) is 3. The maximum absolute atomic E-state index is 13.3. The van der Waals surface area contributed by atoms with Gasteiger partial charge in [-0.3, -0.25) is 9.69 Å². The van der Waals surface area contributed by atoms with E-state index in [1.165, 1.54) is 23.1 Å². The van der Waals surface area contributed by atoms with Crippen LogP contribution in [0.3, 0.4) is 0 Å². The molecule has 1 aliphatic heterocycles. The minimum atomic E-state index is -0.636. The van der Waals surface area contributed by atoms with Gasteiger partial charge in [-0.05, 0) is 43.5 Å². The molecule has 20 heavy (non-hydrogen) atoms. The summed E-state index contributed by atoms with van der Waals surface area (Å²) in [7, 11) is 0. The second-order valence-electron chi connectivity index (χ2n) is 4.70. The molecule has 1 unspecified atom stereocenters. The number of rotatable bonds is 5. The molecule has 0 saturated carbocycles. The van der Waals surface area contributed by atoms with Crippen molar-refractivity contribution in [2.45, 2.75) is 13.8 Å². The number of allylic oxidation sites excluding steroid dienone is 3. The van der Waals surface area contributed by atoms with Crippen LogP contribution in [0.1, 0.15) is 13.8 Å². The Morgan fingerprint density at radius 1 is 1.40 bits per heavy atom. The Balaban J connectivity index is 2.12. The summed E-state index contributed by atoms with van der Waals surface area (Å²) in [6, 6.07) is 0. The SMILES string of the molecule is CCN(CC)CCN1C(=O)C2C=C(F)C=CC2=NC1=S. The number of carbonyl (C=O) groups is 1. The zero-order valence-electron chi connectivity index (χ0n) is 11.7. The fourth-order valence-electron chi connectivity index (χ4n) is 2.29. The van der Waals surface area contributed by atoms with Crippen LogP contribution >= 0.6 is 12.2 Å². The van der Waals surface area contributed by atoms with Gasteiger partial charge in [-0.1, -0.05) is 13.8 Å². The first kappa shape index (κ1) is 15.0. The van der Waals surface area contributed by atoms with Crippen molar-refractivity contribution in [2.24, 2.45) is 10.9 Å². The van der Waals surface area contributed by atoms with Gasteiger partial charge in [0.2, 0.25) is 11.0 Å². The largest absolute Gasteiger partial charge is 0.302 e. The number of hydrogen-bond donors (Lipinski definition) is 0. The van der Waals surface area contributed by atoms with Gasteiger partial charge >= 0.3 is 0 Å². The molecule has 2 rings (SSSR count). The number of likely N-dealkylation sites (N-methyl/N-ethyl adjacent to an activating group) is 1. The van der Waals surface area contributed by atoms with Gasteiger partial charge < -0.3 is 4.90 Å². The predicted molar refractivity (Wildman–Crippen MR) is 81.4 cm³/mol. The molecule has 1 heterocycles. The molecule has 0 radical (unpaired) electrons.